The van der Waals surface area contributed by atoms with Crippen LogP contribution in [0, 0.1) is 12.8 Å². The molecule has 0 aromatic carbocycles. The van der Waals surface area contributed by atoms with Crippen molar-refractivity contribution in [2.45, 2.75) is 58.4 Å². The van der Waals surface area contributed by atoms with Crippen LogP contribution in [-0.4, -0.2) is 47.9 Å². The zero-order valence-corrected chi connectivity index (χ0v) is 15.4. The van der Waals surface area contributed by atoms with E-state index in [1.807, 2.05) is 5.38 Å². The first kappa shape index (κ1) is 17.0. The average molecular weight is 335 g/mol. The van der Waals surface area contributed by atoms with E-state index in [0.717, 1.165) is 35.9 Å². The molecule has 1 unspecified atom stereocenters. The first-order valence-electron chi connectivity index (χ1n) is 9.22. The van der Waals surface area contributed by atoms with Gasteiger partial charge in [0, 0.05) is 19.1 Å². The van der Waals surface area contributed by atoms with Crippen LogP contribution in [0.2, 0.25) is 0 Å². The number of likely N-dealkylation sites (tertiary alicyclic amines) is 2. The van der Waals surface area contributed by atoms with Crippen molar-refractivity contribution in [2.24, 2.45) is 5.92 Å². The van der Waals surface area contributed by atoms with Crippen molar-refractivity contribution in [3.05, 3.63) is 21.9 Å². The minimum absolute atomic E-state index is 0.273. The molecular weight excluding hydrogens is 304 g/mol. The van der Waals surface area contributed by atoms with Crippen LogP contribution in [0.25, 0.3) is 0 Å². The van der Waals surface area contributed by atoms with E-state index in [0.29, 0.717) is 6.04 Å². The van der Waals surface area contributed by atoms with Crippen LogP contribution in [0.3, 0.4) is 0 Å². The Bertz CT molecular complexity index is 519. The quantitative estimate of drug-likeness (QED) is 0.828. The maximum Gasteiger partial charge on any atom is 0.264 e. The van der Waals surface area contributed by atoms with Crippen molar-refractivity contribution in [1.82, 2.24) is 9.80 Å². The molecule has 3 heterocycles. The first-order valence-corrected chi connectivity index (χ1v) is 10.1. The maximum absolute atomic E-state index is 13.1. The number of hydrogen-bond donors (Lipinski definition) is 0. The largest absolute Gasteiger partial charge is 0.334 e. The summed E-state index contributed by atoms with van der Waals surface area (Å²) >= 11 is 1.60. The van der Waals surface area contributed by atoms with E-state index in [2.05, 4.69) is 29.7 Å². The van der Waals surface area contributed by atoms with E-state index in [1.165, 1.54) is 45.2 Å². The summed E-state index contributed by atoms with van der Waals surface area (Å²) < 4.78 is 0. The zero-order chi connectivity index (χ0) is 16.2. The minimum Gasteiger partial charge on any atom is -0.334 e. The Morgan fingerprint density at radius 3 is 2.65 bits per heavy atom. The lowest BCUT2D eigenvalue weighted by molar-refractivity contribution is 0.0610. The Morgan fingerprint density at radius 2 is 1.96 bits per heavy atom. The van der Waals surface area contributed by atoms with Gasteiger partial charge in [0.2, 0.25) is 0 Å². The molecule has 2 saturated heterocycles. The number of aryl methyl sites for hydroxylation is 1. The zero-order valence-electron chi connectivity index (χ0n) is 14.6. The van der Waals surface area contributed by atoms with Gasteiger partial charge in [0.05, 0.1) is 4.88 Å². The highest BCUT2D eigenvalue weighted by Crippen LogP contribution is 2.25. The number of hydrogen-bond acceptors (Lipinski definition) is 3. The number of carbonyl (C=O) groups excluding carboxylic acids is 1. The van der Waals surface area contributed by atoms with Crippen molar-refractivity contribution in [3.8, 4) is 0 Å². The normalized spacial score (nSPS) is 24.6. The topological polar surface area (TPSA) is 23.6 Å². The summed E-state index contributed by atoms with van der Waals surface area (Å²) in [7, 11) is 0. The Kier molecular flexibility index (Phi) is 5.76. The summed E-state index contributed by atoms with van der Waals surface area (Å²) in [4.78, 5) is 18.8. The Morgan fingerprint density at radius 1 is 1.17 bits per heavy atom. The van der Waals surface area contributed by atoms with Gasteiger partial charge in [0.1, 0.15) is 0 Å². The van der Waals surface area contributed by atoms with Gasteiger partial charge in [-0.25, -0.2) is 0 Å². The van der Waals surface area contributed by atoms with Gasteiger partial charge in [-0.2, -0.15) is 0 Å². The molecule has 23 heavy (non-hydrogen) atoms. The Hall–Kier alpha value is -0.870. The van der Waals surface area contributed by atoms with Crippen molar-refractivity contribution in [1.29, 1.82) is 0 Å². The fraction of sp³-hybridized carbons (Fsp3) is 0.737. The molecule has 0 saturated carbocycles. The van der Waals surface area contributed by atoms with Gasteiger partial charge in [0.25, 0.3) is 5.91 Å². The highest BCUT2D eigenvalue weighted by atomic mass is 32.1. The molecular formula is C19H30N2OS. The monoisotopic (exact) mass is 334 g/mol. The molecule has 4 heteroatoms. The lowest BCUT2D eigenvalue weighted by Crippen LogP contribution is -2.48. The number of rotatable bonds is 3. The van der Waals surface area contributed by atoms with Gasteiger partial charge in [-0.05, 0) is 68.6 Å². The van der Waals surface area contributed by atoms with Crippen LogP contribution >= 0.6 is 11.3 Å². The number of nitrogens with zero attached hydrogens (tertiary/aromatic N) is 2. The molecule has 0 radical (unpaired) electrons. The van der Waals surface area contributed by atoms with Crippen LogP contribution in [0.5, 0.6) is 0 Å². The lowest BCUT2D eigenvalue weighted by Gasteiger charge is -2.37. The number of thiophene rings is 1. The van der Waals surface area contributed by atoms with E-state index in [9.17, 15) is 4.79 Å². The average Bonchev–Trinajstić information content (AvgIpc) is 2.84. The van der Waals surface area contributed by atoms with Crippen molar-refractivity contribution in [2.75, 3.05) is 26.2 Å². The van der Waals surface area contributed by atoms with Gasteiger partial charge in [-0.3, -0.25) is 4.79 Å². The Balaban J connectivity index is 1.70. The van der Waals surface area contributed by atoms with E-state index in [-0.39, 0.29) is 5.91 Å². The molecule has 0 spiro atoms. The third-order valence-corrected chi connectivity index (χ3v) is 6.54. The molecule has 0 N–H and O–H groups in total. The van der Waals surface area contributed by atoms with Gasteiger partial charge in [0.15, 0.2) is 0 Å². The molecule has 1 aromatic rings. The van der Waals surface area contributed by atoms with E-state index in [4.69, 9.17) is 0 Å². The van der Waals surface area contributed by atoms with Crippen LogP contribution in [0.15, 0.2) is 11.4 Å². The number of piperidine rings is 1. The molecule has 3 rings (SSSR count). The first-order chi connectivity index (χ1) is 11.1. The third-order valence-electron chi connectivity index (χ3n) is 5.54. The molecule has 1 aromatic heterocycles. The molecule has 1 amide bonds. The lowest BCUT2D eigenvalue weighted by atomic mass is 9.98. The third kappa shape index (κ3) is 4.16. The summed E-state index contributed by atoms with van der Waals surface area (Å²) in [6.45, 7) is 8.84. The van der Waals surface area contributed by atoms with E-state index < -0.39 is 0 Å². The SMILES string of the molecule is Cc1ccsc1C(=O)N1CCCCCC1CN1CCC(C)CC1. The van der Waals surface area contributed by atoms with Crippen LogP contribution in [0.4, 0.5) is 0 Å². The second-order valence-electron chi connectivity index (χ2n) is 7.42. The number of amides is 1. The van der Waals surface area contributed by atoms with Gasteiger partial charge in [-0.15, -0.1) is 11.3 Å². The molecule has 2 aliphatic heterocycles. The molecule has 0 aliphatic carbocycles. The standard InChI is InChI=1S/C19H30N2OS/c1-15-7-11-20(12-8-15)14-17-6-4-3-5-10-21(17)19(22)18-16(2)9-13-23-18/h9,13,15,17H,3-8,10-12,14H2,1-2H3. The van der Waals surface area contributed by atoms with Crippen molar-refractivity contribution in [3.63, 3.8) is 0 Å². The van der Waals surface area contributed by atoms with Crippen LogP contribution in [-0.2, 0) is 0 Å². The smallest absolute Gasteiger partial charge is 0.264 e. The highest BCUT2D eigenvalue weighted by Gasteiger charge is 2.29. The summed E-state index contributed by atoms with van der Waals surface area (Å²) in [5, 5.41) is 2.04. The Labute approximate surface area is 144 Å². The molecule has 3 nitrogen and oxygen atoms in total. The summed E-state index contributed by atoms with van der Waals surface area (Å²) in [6, 6.07) is 2.47. The minimum atomic E-state index is 0.273. The predicted molar refractivity (Wildman–Crippen MR) is 97.2 cm³/mol. The second-order valence-corrected chi connectivity index (χ2v) is 8.33. The van der Waals surface area contributed by atoms with Crippen LogP contribution in [0.1, 0.15) is 60.7 Å². The molecule has 128 valence electrons. The van der Waals surface area contributed by atoms with Gasteiger partial charge >= 0.3 is 0 Å². The van der Waals surface area contributed by atoms with Gasteiger partial charge in [-0.1, -0.05) is 19.8 Å². The van der Waals surface area contributed by atoms with E-state index in [1.54, 1.807) is 11.3 Å². The summed E-state index contributed by atoms with van der Waals surface area (Å²) in [6.07, 6.45) is 7.48. The highest BCUT2D eigenvalue weighted by molar-refractivity contribution is 7.12. The molecule has 1 atom stereocenters. The van der Waals surface area contributed by atoms with Gasteiger partial charge < -0.3 is 9.80 Å². The summed E-state index contributed by atoms with van der Waals surface area (Å²) in [5.41, 5.74) is 1.13. The molecule has 2 fully saturated rings. The molecule has 2 aliphatic rings. The van der Waals surface area contributed by atoms with Crippen molar-refractivity contribution < 1.29 is 4.79 Å². The van der Waals surface area contributed by atoms with Crippen molar-refractivity contribution >= 4 is 17.2 Å². The summed E-state index contributed by atoms with van der Waals surface area (Å²) in [5.74, 6) is 1.14. The van der Waals surface area contributed by atoms with E-state index >= 15 is 0 Å². The second kappa shape index (κ2) is 7.80. The van der Waals surface area contributed by atoms with Crippen LogP contribution < -0.4 is 0 Å². The fourth-order valence-electron chi connectivity index (χ4n) is 3.90. The number of carbonyl (C=O) groups is 1. The molecule has 0 bridgehead atoms. The maximum atomic E-state index is 13.1. The fourth-order valence-corrected chi connectivity index (χ4v) is 4.78. The predicted octanol–water partition coefficient (Wildman–Crippen LogP) is 4.17.